The van der Waals surface area contributed by atoms with E-state index in [9.17, 15) is 19.2 Å². The van der Waals surface area contributed by atoms with Crippen LogP contribution >= 0.6 is 86.4 Å². The van der Waals surface area contributed by atoms with E-state index in [-0.39, 0.29) is 40.8 Å². The zero-order valence-corrected chi connectivity index (χ0v) is 25.0. The monoisotopic (exact) mass is 784 g/mol. The average Bonchev–Trinajstić information content (AvgIpc) is 3.56. The summed E-state index contributed by atoms with van der Waals surface area (Å²) in [6.07, 6.45) is 6.71. The van der Waals surface area contributed by atoms with Gasteiger partial charge in [-0.05, 0) is 21.6 Å². The van der Waals surface area contributed by atoms with Crippen molar-refractivity contribution in [2.24, 2.45) is 0 Å². The number of aliphatic carboxylic acids is 4. The minimum atomic E-state index is -0.753. The number of hydrogen-bond donors (Lipinski definition) is 4. The molecule has 4 aliphatic heterocycles. The fourth-order valence-corrected chi connectivity index (χ4v) is 9.06. The smallest absolute Gasteiger partial charge is 0.321 e. The van der Waals surface area contributed by atoms with E-state index in [1.807, 2.05) is 0 Å². The Labute approximate surface area is 234 Å². The molecule has 17 heteroatoms. The van der Waals surface area contributed by atoms with Crippen LogP contribution in [0.2, 0.25) is 0 Å². The molecule has 8 nitrogen and oxygen atoms in total. The van der Waals surface area contributed by atoms with Crippen molar-refractivity contribution in [1.82, 2.24) is 0 Å². The Bertz CT molecular complexity index is 662. The molecule has 0 fully saturated rings. The quantitative estimate of drug-likeness (QED) is 0.270. The van der Waals surface area contributed by atoms with Crippen LogP contribution < -0.4 is 0 Å². The van der Waals surface area contributed by atoms with E-state index in [1.54, 1.807) is 45.9 Å². The largest absolute Gasteiger partial charge is 0.480 e. The van der Waals surface area contributed by atoms with E-state index in [2.05, 4.69) is 0 Å². The van der Waals surface area contributed by atoms with Crippen LogP contribution in [-0.4, -0.2) is 65.3 Å². The molecule has 0 saturated heterocycles. The number of rotatable bonds is 4. The normalized spacial score (nSPS) is 25.5. The first-order chi connectivity index (χ1) is 15.2. The minimum Gasteiger partial charge on any atom is -0.480 e. The molecule has 4 heterocycles. The Balaban J connectivity index is 0.000000410. The third-order valence-corrected chi connectivity index (χ3v) is 11.8. The maximum absolute atomic E-state index is 10.1. The summed E-state index contributed by atoms with van der Waals surface area (Å²) < 4.78 is 0. The molecular weight excluding hydrogens is 767 g/mol. The summed E-state index contributed by atoms with van der Waals surface area (Å²) in [5.74, 6) is -3.01. The standard InChI is InChI=1S/4C4H4O2S2.Os/c4*5-4(6)3-1-2-7-8-3;/h4*1-3H,(H,5,6);. The molecule has 0 aliphatic carbocycles. The van der Waals surface area contributed by atoms with Crippen molar-refractivity contribution >= 4 is 110 Å². The predicted octanol–water partition coefficient (Wildman–Crippen LogP) is 5.39. The van der Waals surface area contributed by atoms with Crippen LogP contribution in [0.5, 0.6) is 0 Å². The molecule has 4 atom stereocenters. The van der Waals surface area contributed by atoms with Crippen LogP contribution in [0, 0.1) is 0 Å². The second-order valence-electron chi connectivity index (χ2n) is 5.12. The van der Waals surface area contributed by atoms with E-state index in [1.165, 1.54) is 86.4 Å². The molecular formula is C16H16O8OsS8. The van der Waals surface area contributed by atoms with Crippen molar-refractivity contribution in [3.8, 4) is 0 Å². The van der Waals surface area contributed by atoms with Gasteiger partial charge in [0.15, 0.2) is 0 Å². The summed E-state index contributed by atoms with van der Waals surface area (Å²) in [6.45, 7) is 0. The third-order valence-electron chi connectivity index (χ3n) is 2.85. The zero-order chi connectivity index (χ0) is 23.9. The summed E-state index contributed by atoms with van der Waals surface area (Å²) in [5.41, 5.74) is 0. The summed E-state index contributed by atoms with van der Waals surface area (Å²) in [5, 5.41) is 39.2. The Morgan fingerprint density at radius 1 is 0.455 bits per heavy atom. The van der Waals surface area contributed by atoms with Crippen molar-refractivity contribution < 1.29 is 59.4 Å². The zero-order valence-electron chi connectivity index (χ0n) is 16.0. The number of carbonyl (C=O) groups is 4. The molecule has 4 rings (SSSR count). The van der Waals surface area contributed by atoms with Gasteiger partial charge in [-0.2, -0.15) is 0 Å². The first-order valence-corrected chi connectivity index (χ1v) is 17.2. The van der Waals surface area contributed by atoms with E-state index < -0.39 is 23.9 Å². The summed E-state index contributed by atoms with van der Waals surface area (Å²) >= 11 is 0. The van der Waals surface area contributed by atoms with Gasteiger partial charge in [-0.3, -0.25) is 19.2 Å². The molecule has 0 amide bonds. The fourth-order valence-electron chi connectivity index (χ4n) is 1.40. The van der Waals surface area contributed by atoms with Gasteiger partial charge < -0.3 is 20.4 Å². The SMILES string of the molecule is O=C(O)C1C=CSS1.O=C(O)C1C=CSS1.O=C(O)C1C=CSS1.O=C(O)C1C=CSS1.[Os]. The Hall–Kier alpha value is 0.276. The van der Waals surface area contributed by atoms with Crippen LogP contribution in [0.3, 0.4) is 0 Å². The number of hydrogen-bond acceptors (Lipinski definition) is 12. The first kappa shape index (κ1) is 33.3. The Kier molecular flexibility index (Phi) is 19.6. The second kappa shape index (κ2) is 19.5. The molecule has 0 spiro atoms. The average molecular weight is 783 g/mol. The van der Waals surface area contributed by atoms with Crippen molar-refractivity contribution in [2.45, 2.75) is 21.0 Å². The molecule has 0 aromatic heterocycles. The van der Waals surface area contributed by atoms with E-state index in [4.69, 9.17) is 20.4 Å². The first-order valence-electron chi connectivity index (χ1n) is 8.08. The summed E-state index contributed by atoms with van der Waals surface area (Å²) in [4.78, 5) is 40.5. The molecule has 33 heavy (non-hydrogen) atoms. The van der Waals surface area contributed by atoms with Crippen LogP contribution in [0.15, 0.2) is 45.9 Å². The van der Waals surface area contributed by atoms with Crippen molar-refractivity contribution in [1.29, 1.82) is 0 Å². The molecule has 0 aromatic carbocycles. The second-order valence-corrected chi connectivity index (χ2v) is 14.4. The van der Waals surface area contributed by atoms with E-state index in [0.29, 0.717) is 0 Å². The minimum absolute atomic E-state index is 0. The van der Waals surface area contributed by atoms with E-state index in [0.717, 1.165) is 0 Å². The molecule has 0 saturated carbocycles. The molecule has 0 bridgehead atoms. The molecule has 0 radical (unpaired) electrons. The molecule has 4 aliphatic rings. The third kappa shape index (κ3) is 15.1. The van der Waals surface area contributed by atoms with E-state index >= 15 is 0 Å². The van der Waals surface area contributed by atoms with Gasteiger partial charge in [-0.25, -0.2) is 0 Å². The van der Waals surface area contributed by atoms with Gasteiger partial charge in [0.25, 0.3) is 0 Å². The summed E-state index contributed by atoms with van der Waals surface area (Å²) in [7, 11) is 11.3. The number of carboxylic acid groups (broad SMARTS) is 4. The van der Waals surface area contributed by atoms with Gasteiger partial charge in [-0.15, -0.1) is 0 Å². The molecule has 184 valence electrons. The molecule has 4 unspecified atom stereocenters. The maximum Gasteiger partial charge on any atom is 0.321 e. The van der Waals surface area contributed by atoms with Crippen LogP contribution in [0.4, 0.5) is 0 Å². The fraction of sp³-hybridized carbons (Fsp3) is 0.250. The number of carboxylic acids is 4. The molecule has 4 N–H and O–H groups in total. The maximum atomic E-state index is 10.1. The summed E-state index contributed by atoms with van der Waals surface area (Å²) in [6, 6.07) is 0. The van der Waals surface area contributed by atoms with Gasteiger partial charge in [-0.1, -0.05) is 111 Å². The van der Waals surface area contributed by atoms with Gasteiger partial charge in [0, 0.05) is 19.8 Å². The Morgan fingerprint density at radius 2 is 0.636 bits per heavy atom. The van der Waals surface area contributed by atoms with Gasteiger partial charge >= 0.3 is 23.9 Å². The predicted molar refractivity (Wildman–Crippen MR) is 143 cm³/mol. The topological polar surface area (TPSA) is 149 Å². The van der Waals surface area contributed by atoms with Gasteiger partial charge in [0.05, 0.1) is 0 Å². The van der Waals surface area contributed by atoms with Crippen LogP contribution in [0.1, 0.15) is 0 Å². The van der Waals surface area contributed by atoms with Gasteiger partial charge in [0.2, 0.25) is 0 Å². The van der Waals surface area contributed by atoms with Crippen molar-refractivity contribution in [2.75, 3.05) is 0 Å². The van der Waals surface area contributed by atoms with Crippen LogP contribution in [-0.2, 0) is 39.0 Å². The van der Waals surface area contributed by atoms with Crippen LogP contribution in [0.25, 0.3) is 0 Å². The van der Waals surface area contributed by atoms with Gasteiger partial charge in [0.1, 0.15) is 21.0 Å². The molecule has 0 aromatic rings. The van der Waals surface area contributed by atoms with Crippen molar-refractivity contribution in [3.63, 3.8) is 0 Å². The van der Waals surface area contributed by atoms with Crippen molar-refractivity contribution in [3.05, 3.63) is 45.9 Å². The Morgan fingerprint density at radius 3 is 0.697 bits per heavy atom.